The van der Waals surface area contributed by atoms with E-state index < -0.39 is 0 Å². The Kier molecular flexibility index (Phi) is 5.81. The van der Waals surface area contributed by atoms with Crippen molar-refractivity contribution in [3.63, 3.8) is 0 Å². The molecule has 1 rings (SSSR count). The van der Waals surface area contributed by atoms with Gasteiger partial charge in [-0.2, -0.15) is 0 Å². The monoisotopic (exact) mass is 228 g/mol. The lowest BCUT2D eigenvalue weighted by molar-refractivity contribution is -0.150. The van der Waals surface area contributed by atoms with Gasteiger partial charge in [-0.05, 0) is 32.6 Å². The van der Waals surface area contributed by atoms with Crippen LogP contribution in [0.1, 0.15) is 46.5 Å². The van der Waals surface area contributed by atoms with Crippen LogP contribution in [0.5, 0.6) is 0 Å². The Hall–Kier alpha value is -0.570. The van der Waals surface area contributed by atoms with Crippen molar-refractivity contribution in [3.8, 4) is 0 Å². The number of carbonyl (C=O) groups excluding carboxylic acids is 1. The van der Waals surface area contributed by atoms with Crippen molar-refractivity contribution >= 4 is 5.97 Å². The van der Waals surface area contributed by atoms with Crippen molar-refractivity contribution in [2.45, 2.75) is 52.6 Å². The first kappa shape index (κ1) is 13.5. The van der Waals surface area contributed by atoms with Gasteiger partial charge in [0.15, 0.2) is 0 Å². The summed E-state index contributed by atoms with van der Waals surface area (Å²) in [5, 5.41) is 0. The van der Waals surface area contributed by atoms with E-state index in [9.17, 15) is 4.79 Å². The standard InChI is InChI=1S/C13H24O3/c1-4-15-13(14)11(3)9-16-12-7-5-6-10(2)8-12/h10-12H,4-9H2,1-3H3. The van der Waals surface area contributed by atoms with E-state index in [2.05, 4.69) is 6.92 Å². The summed E-state index contributed by atoms with van der Waals surface area (Å²) in [4.78, 5) is 11.4. The second kappa shape index (κ2) is 6.89. The fourth-order valence-electron chi connectivity index (χ4n) is 2.16. The predicted octanol–water partition coefficient (Wildman–Crippen LogP) is 2.78. The van der Waals surface area contributed by atoms with Gasteiger partial charge in [0.1, 0.15) is 0 Å². The van der Waals surface area contributed by atoms with Gasteiger partial charge in [0.2, 0.25) is 0 Å². The molecule has 0 aromatic heterocycles. The minimum absolute atomic E-state index is 0.141. The van der Waals surface area contributed by atoms with Crippen LogP contribution in [0.4, 0.5) is 0 Å². The first-order valence-electron chi connectivity index (χ1n) is 6.41. The SMILES string of the molecule is CCOC(=O)C(C)COC1CCCC(C)C1. The molecular formula is C13H24O3. The second-order valence-electron chi connectivity index (χ2n) is 4.88. The van der Waals surface area contributed by atoms with Crippen LogP contribution >= 0.6 is 0 Å². The van der Waals surface area contributed by atoms with Gasteiger partial charge in [0, 0.05) is 0 Å². The summed E-state index contributed by atoms with van der Waals surface area (Å²) >= 11 is 0. The van der Waals surface area contributed by atoms with E-state index in [1.54, 1.807) is 0 Å². The highest BCUT2D eigenvalue weighted by molar-refractivity contribution is 5.72. The van der Waals surface area contributed by atoms with Gasteiger partial charge in [-0.3, -0.25) is 4.79 Å². The van der Waals surface area contributed by atoms with Crippen molar-refractivity contribution in [2.24, 2.45) is 11.8 Å². The highest BCUT2D eigenvalue weighted by Gasteiger charge is 2.21. The number of rotatable bonds is 5. The second-order valence-corrected chi connectivity index (χ2v) is 4.88. The predicted molar refractivity (Wildman–Crippen MR) is 63.2 cm³/mol. The molecule has 1 aliphatic carbocycles. The van der Waals surface area contributed by atoms with Crippen LogP contribution in [-0.2, 0) is 14.3 Å². The summed E-state index contributed by atoms with van der Waals surface area (Å²) in [6.07, 6.45) is 5.18. The molecule has 0 aromatic rings. The van der Waals surface area contributed by atoms with Crippen LogP contribution in [0.25, 0.3) is 0 Å². The maximum Gasteiger partial charge on any atom is 0.310 e. The van der Waals surface area contributed by atoms with E-state index in [0.717, 1.165) is 18.8 Å². The maximum atomic E-state index is 11.4. The largest absolute Gasteiger partial charge is 0.466 e. The molecule has 0 radical (unpaired) electrons. The molecule has 0 spiro atoms. The van der Waals surface area contributed by atoms with Gasteiger partial charge >= 0.3 is 5.97 Å². The fraction of sp³-hybridized carbons (Fsp3) is 0.923. The van der Waals surface area contributed by atoms with Crippen molar-refractivity contribution in [1.82, 2.24) is 0 Å². The zero-order chi connectivity index (χ0) is 12.0. The lowest BCUT2D eigenvalue weighted by Gasteiger charge is -2.27. The molecule has 94 valence electrons. The highest BCUT2D eigenvalue weighted by Crippen LogP contribution is 2.26. The molecule has 0 saturated heterocycles. The Morgan fingerprint density at radius 2 is 2.19 bits per heavy atom. The van der Waals surface area contributed by atoms with Crippen molar-refractivity contribution in [3.05, 3.63) is 0 Å². The van der Waals surface area contributed by atoms with E-state index in [4.69, 9.17) is 9.47 Å². The summed E-state index contributed by atoms with van der Waals surface area (Å²) in [5.41, 5.74) is 0. The van der Waals surface area contributed by atoms with Crippen LogP contribution in [0.2, 0.25) is 0 Å². The molecule has 1 aliphatic rings. The Labute approximate surface area is 98.5 Å². The average molecular weight is 228 g/mol. The summed E-state index contributed by atoms with van der Waals surface area (Å²) in [6.45, 7) is 6.91. The van der Waals surface area contributed by atoms with E-state index in [1.165, 1.54) is 12.8 Å². The molecule has 0 aliphatic heterocycles. The molecule has 0 amide bonds. The molecule has 0 heterocycles. The molecule has 3 atom stereocenters. The molecule has 16 heavy (non-hydrogen) atoms. The van der Waals surface area contributed by atoms with E-state index in [1.807, 2.05) is 13.8 Å². The van der Waals surface area contributed by atoms with Crippen LogP contribution < -0.4 is 0 Å². The quantitative estimate of drug-likeness (QED) is 0.679. The topological polar surface area (TPSA) is 35.5 Å². The van der Waals surface area contributed by atoms with Crippen LogP contribution in [-0.4, -0.2) is 25.3 Å². The first-order chi connectivity index (χ1) is 7.63. The van der Waals surface area contributed by atoms with Gasteiger partial charge in [0.05, 0.1) is 25.2 Å². The number of hydrogen-bond acceptors (Lipinski definition) is 3. The molecule has 1 fully saturated rings. The smallest absolute Gasteiger partial charge is 0.310 e. The number of hydrogen-bond donors (Lipinski definition) is 0. The maximum absolute atomic E-state index is 11.4. The van der Waals surface area contributed by atoms with Gasteiger partial charge in [0.25, 0.3) is 0 Å². The van der Waals surface area contributed by atoms with Crippen molar-refractivity contribution in [1.29, 1.82) is 0 Å². The van der Waals surface area contributed by atoms with Gasteiger partial charge < -0.3 is 9.47 Å². The Morgan fingerprint density at radius 3 is 2.81 bits per heavy atom. The normalized spacial score (nSPS) is 27.4. The summed E-state index contributed by atoms with van der Waals surface area (Å²) in [5.74, 6) is 0.472. The lowest BCUT2D eigenvalue weighted by Crippen LogP contribution is -2.26. The average Bonchev–Trinajstić information content (AvgIpc) is 2.26. The van der Waals surface area contributed by atoms with Crippen molar-refractivity contribution < 1.29 is 14.3 Å². The van der Waals surface area contributed by atoms with Crippen LogP contribution in [0.3, 0.4) is 0 Å². The third-order valence-corrected chi connectivity index (χ3v) is 3.16. The Balaban J connectivity index is 2.20. The Morgan fingerprint density at radius 1 is 1.44 bits per heavy atom. The summed E-state index contributed by atoms with van der Waals surface area (Å²) < 4.78 is 10.7. The molecule has 3 unspecified atom stereocenters. The summed E-state index contributed by atoms with van der Waals surface area (Å²) in [7, 11) is 0. The van der Waals surface area contributed by atoms with Crippen molar-refractivity contribution in [2.75, 3.05) is 13.2 Å². The number of ether oxygens (including phenoxy) is 2. The van der Waals surface area contributed by atoms with Gasteiger partial charge in [-0.1, -0.05) is 19.8 Å². The van der Waals surface area contributed by atoms with E-state index in [0.29, 0.717) is 19.3 Å². The minimum atomic E-state index is -0.147. The highest BCUT2D eigenvalue weighted by atomic mass is 16.5. The zero-order valence-corrected chi connectivity index (χ0v) is 10.7. The molecule has 0 N–H and O–H groups in total. The minimum Gasteiger partial charge on any atom is -0.466 e. The third-order valence-electron chi connectivity index (χ3n) is 3.16. The fourth-order valence-corrected chi connectivity index (χ4v) is 2.16. The van der Waals surface area contributed by atoms with E-state index >= 15 is 0 Å². The lowest BCUT2D eigenvalue weighted by atomic mass is 9.89. The number of carbonyl (C=O) groups is 1. The Bertz CT molecular complexity index is 215. The third kappa shape index (κ3) is 4.52. The van der Waals surface area contributed by atoms with E-state index in [-0.39, 0.29) is 11.9 Å². The number of esters is 1. The zero-order valence-electron chi connectivity index (χ0n) is 10.7. The van der Waals surface area contributed by atoms with Gasteiger partial charge in [-0.25, -0.2) is 0 Å². The molecule has 0 aromatic carbocycles. The molecule has 3 heteroatoms. The first-order valence-corrected chi connectivity index (χ1v) is 6.41. The molecular weight excluding hydrogens is 204 g/mol. The molecule has 3 nitrogen and oxygen atoms in total. The summed E-state index contributed by atoms with van der Waals surface area (Å²) in [6, 6.07) is 0. The molecule has 0 bridgehead atoms. The van der Waals surface area contributed by atoms with Crippen LogP contribution in [0, 0.1) is 11.8 Å². The van der Waals surface area contributed by atoms with Gasteiger partial charge in [-0.15, -0.1) is 0 Å². The van der Waals surface area contributed by atoms with Crippen LogP contribution in [0.15, 0.2) is 0 Å². The molecule has 1 saturated carbocycles.